The summed E-state index contributed by atoms with van der Waals surface area (Å²) in [7, 11) is 0. The number of halogens is 3. The topological polar surface area (TPSA) is 30.7 Å². The van der Waals surface area contributed by atoms with Crippen LogP contribution in [0.15, 0.2) is 34.9 Å². The average molecular weight is 355 g/mol. The number of nitrogens with zero attached hydrogens (tertiary/aromatic N) is 3. The zero-order chi connectivity index (χ0) is 14.3. The highest BCUT2D eigenvalue weighted by molar-refractivity contribution is 9.10. The molecule has 3 aromatic rings. The molecule has 3 rings (SSSR count). The minimum absolute atomic E-state index is 0.182. The van der Waals surface area contributed by atoms with Crippen LogP contribution in [0.25, 0.3) is 16.9 Å². The van der Waals surface area contributed by atoms with Crippen molar-refractivity contribution in [3.05, 3.63) is 52.1 Å². The van der Waals surface area contributed by atoms with Crippen molar-refractivity contribution in [3.8, 4) is 5.69 Å². The highest BCUT2D eigenvalue weighted by Gasteiger charge is 2.17. The van der Waals surface area contributed by atoms with Crippen molar-refractivity contribution in [1.29, 1.82) is 0 Å². The molecule has 0 saturated carbocycles. The lowest BCUT2D eigenvalue weighted by Crippen LogP contribution is -2.05. The Morgan fingerprint density at radius 2 is 2.20 bits per heavy atom. The Hall–Kier alpha value is -1.46. The summed E-state index contributed by atoms with van der Waals surface area (Å²) in [4.78, 5) is 8.76. The first-order valence-corrected chi connectivity index (χ1v) is 7.29. The smallest absolute Gasteiger partial charge is 0.164 e. The SMILES string of the molecule is Cc1cccc(F)c1-n1c(CCl)nc2cc(Br)cnc21. The van der Waals surface area contributed by atoms with Crippen molar-refractivity contribution in [1.82, 2.24) is 14.5 Å². The van der Waals surface area contributed by atoms with Gasteiger partial charge in [0.15, 0.2) is 5.65 Å². The fourth-order valence-corrected chi connectivity index (χ4v) is 2.72. The predicted molar refractivity (Wildman–Crippen MR) is 80.8 cm³/mol. The van der Waals surface area contributed by atoms with Crippen molar-refractivity contribution < 1.29 is 4.39 Å². The first-order valence-electron chi connectivity index (χ1n) is 5.96. The van der Waals surface area contributed by atoms with Crippen molar-refractivity contribution in [2.45, 2.75) is 12.8 Å². The van der Waals surface area contributed by atoms with Crippen LogP contribution < -0.4 is 0 Å². The number of para-hydroxylation sites is 1. The molecule has 0 fully saturated rings. The largest absolute Gasteiger partial charge is 0.276 e. The molecule has 0 aliphatic carbocycles. The van der Waals surface area contributed by atoms with Crippen LogP contribution >= 0.6 is 27.5 Å². The van der Waals surface area contributed by atoms with E-state index in [0.29, 0.717) is 22.7 Å². The lowest BCUT2D eigenvalue weighted by atomic mass is 10.2. The summed E-state index contributed by atoms with van der Waals surface area (Å²) >= 11 is 9.31. The number of rotatable bonds is 2. The Balaban J connectivity index is 2.40. The molecular formula is C14H10BrClFN3. The van der Waals surface area contributed by atoms with E-state index in [4.69, 9.17) is 11.6 Å². The fourth-order valence-electron chi connectivity index (χ4n) is 2.22. The van der Waals surface area contributed by atoms with Gasteiger partial charge < -0.3 is 0 Å². The third-order valence-electron chi connectivity index (χ3n) is 3.06. The molecule has 0 radical (unpaired) electrons. The summed E-state index contributed by atoms with van der Waals surface area (Å²) in [5.74, 6) is 0.433. The van der Waals surface area contributed by atoms with E-state index >= 15 is 0 Å². The Labute approximate surface area is 128 Å². The van der Waals surface area contributed by atoms with Gasteiger partial charge in [-0.25, -0.2) is 14.4 Å². The van der Waals surface area contributed by atoms with Crippen LogP contribution in [0.3, 0.4) is 0 Å². The number of fused-ring (bicyclic) bond motifs is 1. The summed E-state index contributed by atoms with van der Waals surface area (Å²) in [6.07, 6.45) is 1.66. The third kappa shape index (κ3) is 2.11. The predicted octanol–water partition coefficient (Wildman–Crippen LogP) is 4.37. The Bertz CT molecular complexity index is 780. The van der Waals surface area contributed by atoms with Gasteiger partial charge in [-0.2, -0.15) is 0 Å². The van der Waals surface area contributed by atoms with Gasteiger partial charge in [0, 0.05) is 10.7 Å². The number of aromatic nitrogens is 3. The van der Waals surface area contributed by atoms with Crippen LogP contribution in [0.2, 0.25) is 0 Å². The van der Waals surface area contributed by atoms with Gasteiger partial charge in [0.25, 0.3) is 0 Å². The molecule has 6 heteroatoms. The maximum Gasteiger partial charge on any atom is 0.164 e. The molecule has 0 atom stereocenters. The van der Waals surface area contributed by atoms with E-state index in [1.54, 1.807) is 16.8 Å². The van der Waals surface area contributed by atoms with Gasteiger partial charge in [0.05, 0.1) is 11.6 Å². The molecule has 2 heterocycles. The quantitative estimate of drug-likeness (QED) is 0.640. The number of hydrogen-bond donors (Lipinski definition) is 0. The van der Waals surface area contributed by atoms with Gasteiger partial charge >= 0.3 is 0 Å². The van der Waals surface area contributed by atoms with Gasteiger partial charge in [-0.05, 0) is 40.5 Å². The Kier molecular flexibility index (Phi) is 3.48. The van der Waals surface area contributed by atoms with E-state index in [0.717, 1.165) is 10.0 Å². The van der Waals surface area contributed by atoms with Crippen LogP contribution in [0.1, 0.15) is 11.4 Å². The van der Waals surface area contributed by atoms with E-state index in [-0.39, 0.29) is 11.7 Å². The standard InChI is InChI=1S/C14H10BrClFN3/c1-8-3-2-4-10(17)13(8)20-12(6-16)19-11-5-9(15)7-18-14(11)20/h2-5,7H,6H2,1H3. The van der Waals surface area contributed by atoms with Gasteiger partial charge in [-0.1, -0.05) is 12.1 Å². The number of imidazole rings is 1. The second kappa shape index (κ2) is 5.14. The number of benzene rings is 1. The molecule has 102 valence electrons. The third-order valence-corrected chi connectivity index (χ3v) is 3.74. The summed E-state index contributed by atoms with van der Waals surface area (Å²) in [5.41, 5.74) is 2.52. The second-order valence-corrected chi connectivity index (χ2v) is 5.58. The van der Waals surface area contributed by atoms with Crippen molar-refractivity contribution in [2.75, 3.05) is 0 Å². The van der Waals surface area contributed by atoms with Crippen LogP contribution in [-0.4, -0.2) is 14.5 Å². The second-order valence-electron chi connectivity index (χ2n) is 4.40. The highest BCUT2D eigenvalue weighted by Crippen LogP contribution is 2.27. The Morgan fingerprint density at radius 1 is 1.40 bits per heavy atom. The van der Waals surface area contributed by atoms with Crippen molar-refractivity contribution in [2.24, 2.45) is 0 Å². The molecule has 2 aromatic heterocycles. The molecule has 0 unspecified atom stereocenters. The molecule has 0 N–H and O–H groups in total. The zero-order valence-corrected chi connectivity index (χ0v) is 12.9. The van der Waals surface area contributed by atoms with Crippen LogP contribution in [0.4, 0.5) is 4.39 Å². The van der Waals surface area contributed by atoms with Crippen LogP contribution in [0, 0.1) is 12.7 Å². The molecule has 0 aliphatic heterocycles. The lowest BCUT2D eigenvalue weighted by molar-refractivity contribution is 0.615. The van der Waals surface area contributed by atoms with Crippen LogP contribution in [0.5, 0.6) is 0 Å². The molecule has 0 spiro atoms. The van der Waals surface area contributed by atoms with Gasteiger partial charge in [0.2, 0.25) is 0 Å². The summed E-state index contributed by atoms with van der Waals surface area (Å²) in [6.45, 7) is 1.85. The van der Waals surface area contributed by atoms with Crippen molar-refractivity contribution >= 4 is 38.7 Å². The molecular weight excluding hydrogens is 345 g/mol. The summed E-state index contributed by atoms with van der Waals surface area (Å²) < 4.78 is 16.7. The molecule has 1 aromatic carbocycles. The highest BCUT2D eigenvalue weighted by atomic mass is 79.9. The normalized spacial score (nSPS) is 11.2. The lowest BCUT2D eigenvalue weighted by Gasteiger charge is -2.11. The number of hydrogen-bond acceptors (Lipinski definition) is 2. The maximum atomic E-state index is 14.2. The molecule has 0 saturated heterocycles. The van der Waals surface area contributed by atoms with Gasteiger partial charge in [0.1, 0.15) is 17.2 Å². The minimum atomic E-state index is -0.319. The molecule has 20 heavy (non-hydrogen) atoms. The average Bonchev–Trinajstić information content (AvgIpc) is 2.76. The molecule has 0 bridgehead atoms. The van der Waals surface area contributed by atoms with Gasteiger partial charge in [-0.3, -0.25) is 4.57 Å². The zero-order valence-electron chi connectivity index (χ0n) is 10.6. The molecule has 0 aliphatic rings. The van der Waals surface area contributed by atoms with E-state index in [1.165, 1.54) is 6.07 Å². The summed E-state index contributed by atoms with van der Waals surface area (Å²) in [6, 6.07) is 6.79. The maximum absolute atomic E-state index is 14.2. The number of alkyl halides is 1. The fraction of sp³-hybridized carbons (Fsp3) is 0.143. The van der Waals surface area contributed by atoms with E-state index in [9.17, 15) is 4.39 Å². The van der Waals surface area contributed by atoms with E-state index in [1.807, 2.05) is 19.1 Å². The Morgan fingerprint density at radius 3 is 2.90 bits per heavy atom. The van der Waals surface area contributed by atoms with Gasteiger partial charge in [-0.15, -0.1) is 11.6 Å². The minimum Gasteiger partial charge on any atom is -0.276 e. The summed E-state index contributed by atoms with van der Waals surface area (Å²) in [5, 5.41) is 0. The first-order chi connectivity index (χ1) is 9.61. The number of pyridine rings is 1. The van der Waals surface area contributed by atoms with Crippen LogP contribution in [-0.2, 0) is 5.88 Å². The van der Waals surface area contributed by atoms with E-state index in [2.05, 4.69) is 25.9 Å². The monoisotopic (exact) mass is 353 g/mol. The van der Waals surface area contributed by atoms with Crippen molar-refractivity contribution in [3.63, 3.8) is 0 Å². The molecule has 0 amide bonds. The van der Waals surface area contributed by atoms with E-state index < -0.39 is 0 Å². The molecule has 3 nitrogen and oxygen atoms in total. The first kappa shape index (κ1) is 13.5. The number of aryl methyl sites for hydroxylation is 1.